The number of likely N-dealkylation sites (N-methyl/N-ethyl adjacent to an activating group) is 1. The van der Waals surface area contributed by atoms with Crippen LogP contribution < -0.4 is 10.2 Å². The van der Waals surface area contributed by atoms with E-state index >= 15 is 0 Å². The smallest absolute Gasteiger partial charge is 0.0587 e. The second-order valence-corrected chi connectivity index (χ2v) is 6.23. The zero-order chi connectivity index (χ0) is 15.1. The third kappa shape index (κ3) is 4.95. The fourth-order valence-electron chi connectivity index (χ4n) is 2.63. The first-order valence-corrected chi connectivity index (χ1v) is 8.49. The Hall–Kier alpha value is -0.620. The van der Waals surface area contributed by atoms with Crippen molar-refractivity contribution in [3.63, 3.8) is 0 Å². The molecule has 1 N–H and O–H groups in total. The standard InChI is InChI=1S/C16H26BrN3O/c1-3-19-7-9-20(10-8-19)16-5-4-14(12-15(16)17)13-18-6-11-21-2/h4-5,12,18H,3,6-11,13H2,1-2H3. The summed E-state index contributed by atoms with van der Waals surface area (Å²) in [5.41, 5.74) is 2.61. The van der Waals surface area contributed by atoms with Crippen molar-refractivity contribution in [2.24, 2.45) is 0 Å². The number of benzene rings is 1. The predicted octanol–water partition coefficient (Wildman–Crippen LogP) is 2.33. The number of halogens is 1. The van der Waals surface area contributed by atoms with Gasteiger partial charge in [0.05, 0.1) is 12.3 Å². The molecule has 0 atom stereocenters. The maximum atomic E-state index is 5.04. The van der Waals surface area contributed by atoms with Crippen LogP contribution in [0.5, 0.6) is 0 Å². The summed E-state index contributed by atoms with van der Waals surface area (Å²) < 4.78 is 6.23. The summed E-state index contributed by atoms with van der Waals surface area (Å²) in [6.45, 7) is 10.4. The fraction of sp³-hybridized carbons (Fsp3) is 0.625. The molecule has 1 aromatic rings. The summed E-state index contributed by atoms with van der Waals surface area (Å²) in [6.07, 6.45) is 0. The van der Waals surface area contributed by atoms with Crippen LogP contribution >= 0.6 is 15.9 Å². The Bertz CT molecular complexity index is 434. The highest BCUT2D eigenvalue weighted by Crippen LogP contribution is 2.28. The highest BCUT2D eigenvalue weighted by Gasteiger charge is 2.17. The lowest BCUT2D eigenvalue weighted by Crippen LogP contribution is -2.46. The van der Waals surface area contributed by atoms with Crippen LogP contribution in [0.2, 0.25) is 0 Å². The number of hydrogen-bond acceptors (Lipinski definition) is 4. The first-order valence-electron chi connectivity index (χ1n) is 7.70. The van der Waals surface area contributed by atoms with Crippen LogP contribution in [0.3, 0.4) is 0 Å². The van der Waals surface area contributed by atoms with E-state index in [0.717, 1.165) is 52.4 Å². The average molecular weight is 356 g/mol. The molecule has 0 saturated carbocycles. The largest absolute Gasteiger partial charge is 0.383 e. The molecular weight excluding hydrogens is 330 g/mol. The van der Waals surface area contributed by atoms with Crippen molar-refractivity contribution in [1.29, 1.82) is 0 Å². The normalized spacial score (nSPS) is 16.4. The minimum Gasteiger partial charge on any atom is -0.383 e. The molecule has 0 spiro atoms. The van der Waals surface area contributed by atoms with E-state index in [9.17, 15) is 0 Å². The van der Waals surface area contributed by atoms with E-state index < -0.39 is 0 Å². The molecule has 1 saturated heterocycles. The van der Waals surface area contributed by atoms with Gasteiger partial charge in [0, 0.05) is 50.9 Å². The number of methoxy groups -OCH3 is 1. The van der Waals surface area contributed by atoms with Gasteiger partial charge in [-0.05, 0) is 40.2 Å². The van der Waals surface area contributed by atoms with Gasteiger partial charge in [-0.1, -0.05) is 13.0 Å². The predicted molar refractivity (Wildman–Crippen MR) is 92.1 cm³/mol. The van der Waals surface area contributed by atoms with Gasteiger partial charge < -0.3 is 19.9 Å². The molecule has 0 unspecified atom stereocenters. The van der Waals surface area contributed by atoms with Crippen LogP contribution in [-0.4, -0.2) is 57.9 Å². The Morgan fingerprint density at radius 2 is 2.00 bits per heavy atom. The van der Waals surface area contributed by atoms with Gasteiger partial charge >= 0.3 is 0 Å². The number of ether oxygens (including phenoxy) is 1. The van der Waals surface area contributed by atoms with E-state index in [1.54, 1.807) is 7.11 Å². The van der Waals surface area contributed by atoms with Crippen molar-refractivity contribution in [1.82, 2.24) is 10.2 Å². The molecule has 0 bridgehead atoms. The molecule has 2 rings (SSSR count). The van der Waals surface area contributed by atoms with Gasteiger partial charge in [-0.15, -0.1) is 0 Å². The van der Waals surface area contributed by atoms with Crippen molar-refractivity contribution in [3.05, 3.63) is 28.2 Å². The summed E-state index contributed by atoms with van der Waals surface area (Å²) in [5.74, 6) is 0. The van der Waals surface area contributed by atoms with Crippen LogP contribution in [0, 0.1) is 0 Å². The molecule has 5 heteroatoms. The number of rotatable bonds is 7. The lowest BCUT2D eigenvalue weighted by Gasteiger charge is -2.36. The summed E-state index contributed by atoms with van der Waals surface area (Å²) in [5, 5.41) is 3.38. The SMILES string of the molecule is CCN1CCN(c2ccc(CNCCOC)cc2Br)CC1. The topological polar surface area (TPSA) is 27.7 Å². The lowest BCUT2D eigenvalue weighted by atomic mass is 10.1. The third-order valence-corrected chi connectivity index (χ3v) is 4.62. The zero-order valence-electron chi connectivity index (χ0n) is 13.1. The molecule has 21 heavy (non-hydrogen) atoms. The average Bonchev–Trinajstić information content (AvgIpc) is 2.52. The Balaban J connectivity index is 1.90. The highest BCUT2D eigenvalue weighted by molar-refractivity contribution is 9.10. The molecule has 0 aliphatic carbocycles. The van der Waals surface area contributed by atoms with Gasteiger partial charge in [0.2, 0.25) is 0 Å². The number of nitrogens with one attached hydrogen (secondary N) is 1. The van der Waals surface area contributed by atoms with Crippen molar-refractivity contribution in [2.75, 3.05) is 57.9 Å². The van der Waals surface area contributed by atoms with E-state index in [-0.39, 0.29) is 0 Å². The molecule has 1 aliphatic heterocycles. The number of hydrogen-bond donors (Lipinski definition) is 1. The Labute approximate surface area is 136 Å². The molecule has 0 amide bonds. The van der Waals surface area contributed by atoms with Crippen molar-refractivity contribution in [2.45, 2.75) is 13.5 Å². The van der Waals surface area contributed by atoms with E-state index in [0.29, 0.717) is 0 Å². The van der Waals surface area contributed by atoms with E-state index in [2.05, 4.69) is 56.2 Å². The zero-order valence-corrected chi connectivity index (χ0v) is 14.7. The van der Waals surface area contributed by atoms with E-state index in [4.69, 9.17) is 4.74 Å². The highest BCUT2D eigenvalue weighted by atomic mass is 79.9. The van der Waals surface area contributed by atoms with Crippen LogP contribution in [0.25, 0.3) is 0 Å². The Morgan fingerprint density at radius 3 is 2.62 bits per heavy atom. The maximum absolute atomic E-state index is 5.04. The van der Waals surface area contributed by atoms with Gasteiger partial charge in [-0.25, -0.2) is 0 Å². The van der Waals surface area contributed by atoms with Crippen LogP contribution in [0.15, 0.2) is 22.7 Å². The maximum Gasteiger partial charge on any atom is 0.0587 e. The summed E-state index contributed by atoms with van der Waals surface area (Å²) in [7, 11) is 1.73. The molecule has 1 fully saturated rings. The van der Waals surface area contributed by atoms with Crippen molar-refractivity contribution < 1.29 is 4.74 Å². The molecule has 0 aromatic heterocycles. The van der Waals surface area contributed by atoms with Gasteiger partial charge in [0.15, 0.2) is 0 Å². The van der Waals surface area contributed by atoms with Crippen LogP contribution in [-0.2, 0) is 11.3 Å². The lowest BCUT2D eigenvalue weighted by molar-refractivity contribution is 0.199. The second-order valence-electron chi connectivity index (χ2n) is 5.38. The Kier molecular flexibility index (Phi) is 6.96. The minimum atomic E-state index is 0.751. The molecule has 1 heterocycles. The fourth-order valence-corrected chi connectivity index (χ4v) is 3.31. The number of piperazine rings is 1. The van der Waals surface area contributed by atoms with Gasteiger partial charge in [0.25, 0.3) is 0 Å². The monoisotopic (exact) mass is 355 g/mol. The second kappa shape index (κ2) is 8.73. The van der Waals surface area contributed by atoms with Crippen LogP contribution in [0.4, 0.5) is 5.69 Å². The van der Waals surface area contributed by atoms with Gasteiger partial charge in [-0.2, -0.15) is 0 Å². The van der Waals surface area contributed by atoms with Crippen molar-refractivity contribution in [3.8, 4) is 0 Å². The molecule has 1 aliphatic rings. The molecule has 1 aromatic carbocycles. The van der Waals surface area contributed by atoms with Crippen LogP contribution in [0.1, 0.15) is 12.5 Å². The molecule has 4 nitrogen and oxygen atoms in total. The first kappa shape index (κ1) is 16.7. The summed E-state index contributed by atoms with van der Waals surface area (Å²) in [4.78, 5) is 4.97. The van der Waals surface area contributed by atoms with Crippen molar-refractivity contribution >= 4 is 21.6 Å². The number of anilines is 1. The van der Waals surface area contributed by atoms with E-state index in [1.807, 2.05) is 0 Å². The van der Waals surface area contributed by atoms with Gasteiger partial charge in [-0.3, -0.25) is 0 Å². The molecule has 118 valence electrons. The first-order chi connectivity index (χ1) is 10.2. The van der Waals surface area contributed by atoms with Gasteiger partial charge in [0.1, 0.15) is 0 Å². The summed E-state index contributed by atoms with van der Waals surface area (Å²) >= 11 is 3.73. The molecule has 0 radical (unpaired) electrons. The Morgan fingerprint density at radius 1 is 1.24 bits per heavy atom. The quantitative estimate of drug-likeness (QED) is 0.759. The minimum absolute atomic E-state index is 0.751. The van der Waals surface area contributed by atoms with E-state index in [1.165, 1.54) is 15.7 Å². The number of nitrogens with zero attached hydrogens (tertiary/aromatic N) is 2. The third-order valence-electron chi connectivity index (χ3n) is 3.98. The molecular formula is C16H26BrN3O. The summed E-state index contributed by atoms with van der Waals surface area (Å²) in [6, 6.07) is 6.67.